The van der Waals surface area contributed by atoms with Gasteiger partial charge in [-0.1, -0.05) is 6.07 Å². The minimum absolute atomic E-state index is 0.0372. The van der Waals surface area contributed by atoms with E-state index in [4.69, 9.17) is 9.47 Å². The topological polar surface area (TPSA) is 139 Å². The number of nitrogens with zero attached hydrogens (tertiary/aromatic N) is 3. The van der Waals surface area contributed by atoms with Crippen LogP contribution in [-0.2, 0) is 20.7 Å². The van der Waals surface area contributed by atoms with E-state index >= 15 is 0 Å². The molecule has 1 atom stereocenters. The van der Waals surface area contributed by atoms with Crippen molar-refractivity contribution in [1.82, 2.24) is 25.9 Å². The fourth-order valence-corrected chi connectivity index (χ4v) is 2.19. The number of rotatable bonds is 5. The van der Waals surface area contributed by atoms with E-state index in [1.165, 1.54) is 13.2 Å². The number of carbonyl (C=O) groups is 2. The molecule has 0 aliphatic heterocycles. The summed E-state index contributed by atoms with van der Waals surface area (Å²) in [6.45, 7) is 5.16. The molecule has 0 saturated heterocycles. The Hall–Kier alpha value is -3.17. The van der Waals surface area contributed by atoms with Gasteiger partial charge < -0.3 is 19.9 Å². The number of tetrazole rings is 1. The molecule has 1 amide bonds. The molecule has 2 rings (SSSR count). The Labute approximate surface area is 149 Å². The molecule has 140 valence electrons. The van der Waals surface area contributed by atoms with E-state index in [0.29, 0.717) is 11.1 Å². The molecule has 0 bridgehead atoms. The third-order valence-electron chi connectivity index (χ3n) is 3.26. The summed E-state index contributed by atoms with van der Waals surface area (Å²) in [5.74, 6) is -0.450. The third-order valence-corrected chi connectivity index (χ3v) is 3.26. The van der Waals surface area contributed by atoms with Crippen LogP contribution in [0, 0.1) is 0 Å². The van der Waals surface area contributed by atoms with Gasteiger partial charge in [-0.3, -0.25) is 0 Å². The molecule has 0 radical (unpaired) electrons. The van der Waals surface area contributed by atoms with Crippen LogP contribution in [0.4, 0.5) is 4.79 Å². The first-order valence-corrected chi connectivity index (χ1v) is 7.82. The first kappa shape index (κ1) is 19.2. The average molecular weight is 363 g/mol. The molecule has 1 aromatic carbocycles. The van der Waals surface area contributed by atoms with Crippen LogP contribution >= 0.6 is 0 Å². The minimum atomic E-state index is -0.961. The summed E-state index contributed by atoms with van der Waals surface area (Å²) in [4.78, 5) is 24.0. The summed E-state index contributed by atoms with van der Waals surface area (Å²) in [7, 11) is 1.23. The van der Waals surface area contributed by atoms with Gasteiger partial charge in [-0.15, -0.1) is 10.2 Å². The lowest BCUT2D eigenvalue weighted by molar-refractivity contribution is -0.143. The number of nitrogens with one attached hydrogen (secondary N) is 2. The summed E-state index contributed by atoms with van der Waals surface area (Å²) in [5, 5.41) is 25.8. The van der Waals surface area contributed by atoms with Gasteiger partial charge in [0.05, 0.1) is 12.7 Å². The van der Waals surface area contributed by atoms with Crippen LogP contribution < -0.4 is 5.32 Å². The lowest BCUT2D eigenvalue weighted by Gasteiger charge is -2.22. The van der Waals surface area contributed by atoms with Gasteiger partial charge in [0.15, 0.2) is 0 Å². The molecule has 0 fully saturated rings. The molecule has 10 heteroatoms. The van der Waals surface area contributed by atoms with Crippen molar-refractivity contribution in [1.29, 1.82) is 0 Å². The number of ether oxygens (including phenoxy) is 2. The van der Waals surface area contributed by atoms with Gasteiger partial charge in [-0.2, -0.15) is 5.21 Å². The van der Waals surface area contributed by atoms with Gasteiger partial charge in [-0.05, 0) is 43.7 Å². The molecule has 10 nitrogen and oxygen atoms in total. The van der Waals surface area contributed by atoms with Crippen LogP contribution in [-0.4, -0.2) is 56.5 Å². The van der Waals surface area contributed by atoms with Crippen molar-refractivity contribution >= 4 is 12.1 Å². The van der Waals surface area contributed by atoms with Crippen molar-refractivity contribution in [2.75, 3.05) is 7.11 Å². The highest BCUT2D eigenvalue weighted by molar-refractivity contribution is 5.81. The molecule has 0 aliphatic rings. The predicted molar refractivity (Wildman–Crippen MR) is 90.2 cm³/mol. The normalized spacial score (nSPS) is 12.3. The molecule has 0 saturated carbocycles. The number of H-pyrrole nitrogens is 1. The maximum atomic E-state index is 12.0. The third kappa shape index (κ3) is 5.16. The van der Waals surface area contributed by atoms with Crippen LogP contribution in [0.5, 0.6) is 5.75 Å². The van der Waals surface area contributed by atoms with Crippen LogP contribution in [0.25, 0.3) is 11.4 Å². The monoisotopic (exact) mass is 363 g/mol. The Morgan fingerprint density at radius 2 is 2.08 bits per heavy atom. The Balaban J connectivity index is 2.19. The highest BCUT2D eigenvalue weighted by atomic mass is 16.6. The number of aromatic hydroxyl groups is 1. The smallest absolute Gasteiger partial charge is 0.408 e. The van der Waals surface area contributed by atoms with E-state index in [1.807, 2.05) is 0 Å². The first-order chi connectivity index (χ1) is 12.2. The number of hydrogen-bond donors (Lipinski definition) is 3. The van der Waals surface area contributed by atoms with Crippen LogP contribution in [0.2, 0.25) is 0 Å². The molecule has 0 aliphatic carbocycles. The summed E-state index contributed by atoms with van der Waals surface area (Å²) in [6.07, 6.45) is -0.609. The van der Waals surface area contributed by atoms with Gasteiger partial charge >= 0.3 is 12.1 Å². The van der Waals surface area contributed by atoms with E-state index in [2.05, 4.69) is 25.9 Å². The first-order valence-electron chi connectivity index (χ1n) is 7.82. The van der Waals surface area contributed by atoms with E-state index < -0.39 is 23.7 Å². The zero-order valence-corrected chi connectivity index (χ0v) is 14.9. The maximum Gasteiger partial charge on any atom is 0.408 e. The van der Waals surface area contributed by atoms with Crippen molar-refractivity contribution in [3.63, 3.8) is 0 Å². The number of methoxy groups -OCH3 is 1. The highest BCUT2D eigenvalue weighted by Gasteiger charge is 2.25. The van der Waals surface area contributed by atoms with Crippen molar-refractivity contribution in [3.8, 4) is 17.1 Å². The summed E-state index contributed by atoms with van der Waals surface area (Å²) >= 11 is 0. The largest absolute Gasteiger partial charge is 0.507 e. The lowest BCUT2D eigenvalue weighted by Crippen LogP contribution is -2.45. The average Bonchev–Trinajstić information content (AvgIpc) is 3.07. The van der Waals surface area contributed by atoms with Gasteiger partial charge in [0.25, 0.3) is 0 Å². The quantitative estimate of drug-likeness (QED) is 0.673. The zero-order chi connectivity index (χ0) is 19.3. The number of phenolic OH excluding ortho intramolecular Hbond substituents is 1. The molecule has 2 aromatic rings. The van der Waals surface area contributed by atoms with Crippen LogP contribution in [0.3, 0.4) is 0 Å². The molecule has 0 unspecified atom stereocenters. The van der Waals surface area contributed by atoms with Crippen molar-refractivity contribution < 1.29 is 24.2 Å². The second-order valence-corrected chi connectivity index (χ2v) is 6.51. The van der Waals surface area contributed by atoms with Gasteiger partial charge in [0, 0.05) is 6.42 Å². The highest BCUT2D eigenvalue weighted by Crippen LogP contribution is 2.27. The standard InChI is InChI=1S/C16H21N5O5/c1-16(2,3)26-15(24)17-11(14(23)25-4)8-9-5-6-12(22)10(7-9)13-18-20-21-19-13/h5-7,11,22H,8H2,1-4H3,(H,17,24)(H,18,19,20,21)/t11-/m0/s1. The SMILES string of the molecule is COC(=O)[C@H](Cc1ccc(O)c(-c2nn[nH]n2)c1)NC(=O)OC(C)(C)C. The number of esters is 1. The summed E-state index contributed by atoms with van der Waals surface area (Å²) < 4.78 is 9.92. The Morgan fingerprint density at radius 1 is 1.35 bits per heavy atom. The number of benzene rings is 1. The van der Waals surface area contributed by atoms with Crippen molar-refractivity contribution in [2.24, 2.45) is 0 Å². The van der Waals surface area contributed by atoms with E-state index in [-0.39, 0.29) is 18.0 Å². The molecule has 26 heavy (non-hydrogen) atoms. The number of phenols is 1. The lowest BCUT2D eigenvalue weighted by atomic mass is 10.0. The molecule has 1 aromatic heterocycles. The number of carbonyl (C=O) groups excluding carboxylic acids is 2. The number of aromatic amines is 1. The Kier molecular flexibility index (Phi) is 5.75. The molecule has 0 spiro atoms. The molecule has 1 heterocycles. The molecular weight excluding hydrogens is 342 g/mol. The Bertz CT molecular complexity index is 770. The van der Waals surface area contributed by atoms with E-state index in [9.17, 15) is 14.7 Å². The van der Waals surface area contributed by atoms with Crippen LogP contribution in [0.1, 0.15) is 26.3 Å². The minimum Gasteiger partial charge on any atom is -0.507 e. The second-order valence-electron chi connectivity index (χ2n) is 6.51. The predicted octanol–water partition coefficient (Wildman–Crippen LogP) is 1.18. The molecule has 3 N–H and O–H groups in total. The van der Waals surface area contributed by atoms with Crippen molar-refractivity contribution in [2.45, 2.75) is 38.8 Å². The fourth-order valence-electron chi connectivity index (χ4n) is 2.19. The van der Waals surface area contributed by atoms with E-state index in [1.54, 1.807) is 32.9 Å². The number of amides is 1. The Morgan fingerprint density at radius 3 is 2.65 bits per heavy atom. The van der Waals surface area contributed by atoms with Gasteiger partial charge in [-0.25, -0.2) is 9.59 Å². The fraction of sp³-hybridized carbons (Fsp3) is 0.438. The molecular formula is C16H21N5O5. The summed E-state index contributed by atoms with van der Waals surface area (Å²) in [5.41, 5.74) is 0.293. The number of alkyl carbamates (subject to hydrolysis) is 1. The van der Waals surface area contributed by atoms with E-state index in [0.717, 1.165) is 0 Å². The zero-order valence-electron chi connectivity index (χ0n) is 14.9. The maximum absolute atomic E-state index is 12.0. The summed E-state index contributed by atoms with van der Waals surface area (Å²) in [6, 6.07) is 3.71. The van der Waals surface area contributed by atoms with Crippen LogP contribution in [0.15, 0.2) is 18.2 Å². The second kappa shape index (κ2) is 7.81. The van der Waals surface area contributed by atoms with Crippen molar-refractivity contribution in [3.05, 3.63) is 23.8 Å². The number of aromatic nitrogens is 4. The number of hydrogen-bond acceptors (Lipinski definition) is 8. The van der Waals surface area contributed by atoms with Gasteiger partial charge in [0.1, 0.15) is 17.4 Å². The van der Waals surface area contributed by atoms with Gasteiger partial charge in [0.2, 0.25) is 5.82 Å².